The molecule has 0 radical (unpaired) electrons. The Labute approximate surface area is 92.7 Å². The van der Waals surface area contributed by atoms with Crippen molar-refractivity contribution < 1.29 is 4.42 Å². The normalized spacial score (nSPS) is 9.75. The zero-order chi connectivity index (χ0) is 11.4. The van der Waals surface area contributed by atoms with Gasteiger partial charge in [-0.05, 0) is 12.1 Å². The fourth-order valence-corrected chi connectivity index (χ4v) is 1.31. The van der Waals surface area contributed by atoms with Gasteiger partial charge in [-0.2, -0.15) is 5.26 Å². The molecule has 1 N–H and O–H groups in total. The van der Waals surface area contributed by atoms with Gasteiger partial charge in [0.2, 0.25) is 11.8 Å². The highest BCUT2D eigenvalue weighted by Gasteiger charge is 2.04. The first-order valence-corrected chi connectivity index (χ1v) is 4.81. The largest absolute Gasteiger partial charge is 0.424 e. The van der Waals surface area contributed by atoms with Gasteiger partial charge in [0, 0.05) is 6.92 Å². The van der Waals surface area contributed by atoms with Crippen LogP contribution in [0.25, 0.3) is 0 Å². The van der Waals surface area contributed by atoms with Crippen molar-refractivity contribution in [2.24, 2.45) is 0 Å². The summed E-state index contributed by atoms with van der Waals surface area (Å²) in [6.45, 7) is 2.15. The molecular formula is C11H10N4O. The maximum atomic E-state index is 8.88. The van der Waals surface area contributed by atoms with Crippen LogP contribution in [0, 0.1) is 18.3 Å². The molecule has 1 aromatic carbocycles. The van der Waals surface area contributed by atoms with Crippen LogP contribution in [-0.4, -0.2) is 10.2 Å². The van der Waals surface area contributed by atoms with Crippen molar-refractivity contribution in [3.05, 3.63) is 41.6 Å². The minimum atomic E-state index is 0.416. The third kappa shape index (κ3) is 2.17. The van der Waals surface area contributed by atoms with Crippen LogP contribution >= 0.6 is 0 Å². The molecule has 0 fully saturated rings. The average Bonchev–Trinajstić information content (AvgIpc) is 2.73. The van der Waals surface area contributed by atoms with E-state index in [1.165, 1.54) is 0 Å². The number of nitrogens with zero attached hydrogens (tertiary/aromatic N) is 3. The van der Waals surface area contributed by atoms with Crippen LogP contribution in [0.15, 0.2) is 28.7 Å². The summed E-state index contributed by atoms with van der Waals surface area (Å²) < 4.78 is 5.21. The van der Waals surface area contributed by atoms with Crippen LogP contribution in [0.3, 0.4) is 0 Å². The summed E-state index contributed by atoms with van der Waals surface area (Å²) in [5.74, 6) is 1.04. The number of para-hydroxylation sites is 1. The molecule has 0 aliphatic rings. The fourth-order valence-electron chi connectivity index (χ4n) is 1.31. The summed E-state index contributed by atoms with van der Waals surface area (Å²) in [4.78, 5) is 0. The number of rotatable bonds is 3. The smallest absolute Gasteiger partial charge is 0.235 e. The first-order valence-electron chi connectivity index (χ1n) is 4.81. The third-order valence-electron chi connectivity index (χ3n) is 2.05. The highest BCUT2D eigenvalue weighted by Crippen LogP contribution is 2.14. The fraction of sp³-hybridized carbons (Fsp3) is 0.182. The molecule has 0 spiro atoms. The number of aryl methyl sites for hydroxylation is 1. The Bertz CT molecular complexity index is 527. The van der Waals surface area contributed by atoms with E-state index >= 15 is 0 Å². The molecule has 0 aliphatic carbocycles. The average molecular weight is 214 g/mol. The van der Waals surface area contributed by atoms with Crippen molar-refractivity contribution in [3.8, 4) is 6.07 Å². The van der Waals surface area contributed by atoms with E-state index in [0.29, 0.717) is 23.9 Å². The number of hydrogen-bond acceptors (Lipinski definition) is 5. The molecular weight excluding hydrogens is 204 g/mol. The molecule has 0 amide bonds. The van der Waals surface area contributed by atoms with Crippen LogP contribution < -0.4 is 5.32 Å². The first kappa shape index (κ1) is 10.2. The van der Waals surface area contributed by atoms with Gasteiger partial charge in [0.05, 0.1) is 17.8 Å². The van der Waals surface area contributed by atoms with Gasteiger partial charge in [0.1, 0.15) is 6.07 Å². The highest BCUT2D eigenvalue weighted by atomic mass is 16.4. The molecule has 2 aromatic rings. The molecule has 1 aromatic heterocycles. The van der Waals surface area contributed by atoms with Crippen molar-refractivity contribution in [2.45, 2.75) is 13.5 Å². The predicted octanol–water partition coefficient (Wildman–Crippen LogP) is 1.86. The van der Waals surface area contributed by atoms with E-state index in [-0.39, 0.29) is 0 Å². The lowest BCUT2D eigenvalue weighted by Gasteiger charge is -2.04. The molecule has 0 unspecified atom stereocenters. The lowest BCUT2D eigenvalue weighted by Crippen LogP contribution is -2.01. The second-order valence-corrected chi connectivity index (χ2v) is 3.23. The van der Waals surface area contributed by atoms with Gasteiger partial charge in [0.15, 0.2) is 0 Å². The van der Waals surface area contributed by atoms with Gasteiger partial charge in [-0.1, -0.05) is 12.1 Å². The Hall–Kier alpha value is -2.35. The minimum Gasteiger partial charge on any atom is -0.424 e. The Morgan fingerprint density at radius 1 is 1.38 bits per heavy atom. The maximum absolute atomic E-state index is 8.88. The Morgan fingerprint density at radius 2 is 2.19 bits per heavy atom. The zero-order valence-electron chi connectivity index (χ0n) is 8.77. The van der Waals surface area contributed by atoms with Gasteiger partial charge in [-0.15, -0.1) is 10.2 Å². The third-order valence-corrected chi connectivity index (χ3v) is 2.05. The van der Waals surface area contributed by atoms with Crippen molar-refractivity contribution in [2.75, 3.05) is 5.32 Å². The Kier molecular flexibility index (Phi) is 2.83. The maximum Gasteiger partial charge on any atom is 0.235 e. The topological polar surface area (TPSA) is 74.7 Å². The monoisotopic (exact) mass is 214 g/mol. The molecule has 5 nitrogen and oxygen atoms in total. The van der Waals surface area contributed by atoms with E-state index in [4.69, 9.17) is 9.68 Å². The lowest BCUT2D eigenvalue weighted by molar-refractivity contribution is 0.475. The quantitative estimate of drug-likeness (QED) is 0.844. The summed E-state index contributed by atoms with van der Waals surface area (Å²) in [6.07, 6.45) is 0. The number of aromatic nitrogens is 2. The molecule has 1 heterocycles. The summed E-state index contributed by atoms with van der Waals surface area (Å²) in [5, 5.41) is 19.5. The van der Waals surface area contributed by atoms with Crippen molar-refractivity contribution in [3.63, 3.8) is 0 Å². The zero-order valence-corrected chi connectivity index (χ0v) is 8.77. The van der Waals surface area contributed by atoms with Gasteiger partial charge in [-0.25, -0.2) is 0 Å². The Morgan fingerprint density at radius 3 is 2.88 bits per heavy atom. The molecule has 0 atom stereocenters. The molecule has 0 saturated heterocycles. The van der Waals surface area contributed by atoms with E-state index in [1.54, 1.807) is 13.0 Å². The number of benzene rings is 1. The van der Waals surface area contributed by atoms with Crippen molar-refractivity contribution in [1.29, 1.82) is 5.26 Å². The predicted molar refractivity (Wildman–Crippen MR) is 57.5 cm³/mol. The van der Waals surface area contributed by atoms with Crippen LogP contribution in [0.4, 0.5) is 5.69 Å². The molecule has 2 rings (SSSR count). The number of nitrogens with one attached hydrogen (secondary N) is 1. The van der Waals surface area contributed by atoms with E-state index in [0.717, 1.165) is 5.69 Å². The first-order chi connectivity index (χ1) is 7.79. The van der Waals surface area contributed by atoms with Gasteiger partial charge >= 0.3 is 0 Å². The number of nitriles is 1. The number of anilines is 1. The summed E-state index contributed by atoms with van der Waals surface area (Å²) >= 11 is 0. The van der Waals surface area contributed by atoms with E-state index in [1.807, 2.05) is 18.2 Å². The van der Waals surface area contributed by atoms with Crippen LogP contribution in [0.2, 0.25) is 0 Å². The number of hydrogen-bond donors (Lipinski definition) is 1. The lowest BCUT2D eigenvalue weighted by atomic mass is 10.2. The van der Waals surface area contributed by atoms with Crippen molar-refractivity contribution >= 4 is 5.69 Å². The Balaban J connectivity index is 2.08. The molecule has 5 heteroatoms. The standard InChI is InChI=1S/C11H10N4O/c1-8-14-15-11(16-8)7-13-10-5-3-2-4-9(10)6-12/h2-5,13H,7H2,1H3. The molecule has 0 bridgehead atoms. The van der Waals surface area contributed by atoms with E-state index in [2.05, 4.69) is 21.6 Å². The van der Waals surface area contributed by atoms with Gasteiger partial charge in [-0.3, -0.25) is 0 Å². The van der Waals surface area contributed by atoms with Gasteiger partial charge < -0.3 is 9.73 Å². The molecule has 80 valence electrons. The second-order valence-electron chi connectivity index (χ2n) is 3.23. The van der Waals surface area contributed by atoms with Crippen LogP contribution in [0.1, 0.15) is 17.3 Å². The van der Waals surface area contributed by atoms with Crippen molar-refractivity contribution in [1.82, 2.24) is 10.2 Å². The SMILES string of the molecule is Cc1nnc(CNc2ccccc2C#N)o1. The van der Waals surface area contributed by atoms with Crippen LogP contribution in [0.5, 0.6) is 0 Å². The molecule has 16 heavy (non-hydrogen) atoms. The van der Waals surface area contributed by atoms with E-state index in [9.17, 15) is 0 Å². The molecule has 0 aliphatic heterocycles. The highest BCUT2D eigenvalue weighted by molar-refractivity contribution is 5.56. The molecule has 0 saturated carbocycles. The summed E-state index contributed by atoms with van der Waals surface area (Å²) in [5.41, 5.74) is 1.36. The summed E-state index contributed by atoms with van der Waals surface area (Å²) in [6, 6.07) is 9.38. The van der Waals surface area contributed by atoms with Gasteiger partial charge in [0.25, 0.3) is 0 Å². The second kappa shape index (κ2) is 4.45. The van der Waals surface area contributed by atoms with E-state index < -0.39 is 0 Å². The summed E-state index contributed by atoms with van der Waals surface area (Å²) in [7, 11) is 0. The minimum absolute atomic E-state index is 0.416. The van der Waals surface area contributed by atoms with Crippen LogP contribution in [-0.2, 0) is 6.54 Å².